The lowest BCUT2D eigenvalue weighted by Crippen LogP contribution is -2.56. The molecule has 0 spiro atoms. The molecule has 0 aromatic carbocycles. The molecule has 3 nitrogen and oxygen atoms in total. The molecule has 2 rings (SSSR count). The van der Waals surface area contributed by atoms with E-state index in [1.165, 1.54) is 58.5 Å². The van der Waals surface area contributed by atoms with Crippen LogP contribution < -0.4 is 5.32 Å². The van der Waals surface area contributed by atoms with Crippen LogP contribution in [0.3, 0.4) is 0 Å². The Balaban J connectivity index is 1.79. The zero-order chi connectivity index (χ0) is 13.0. The van der Waals surface area contributed by atoms with Crippen molar-refractivity contribution in [2.75, 3.05) is 39.3 Å². The molecule has 1 N–H and O–H groups in total. The summed E-state index contributed by atoms with van der Waals surface area (Å²) in [5, 5.41) is 3.69. The van der Waals surface area contributed by atoms with Crippen molar-refractivity contribution in [2.24, 2.45) is 5.92 Å². The molecule has 0 bridgehead atoms. The summed E-state index contributed by atoms with van der Waals surface area (Å²) in [6.45, 7) is 14.6. The van der Waals surface area contributed by atoms with Crippen molar-refractivity contribution in [3.05, 3.63) is 0 Å². The topological polar surface area (TPSA) is 18.5 Å². The molecule has 0 aliphatic carbocycles. The molecule has 2 aliphatic rings. The Morgan fingerprint density at radius 3 is 2.72 bits per heavy atom. The second-order valence-electron chi connectivity index (χ2n) is 6.24. The highest BCUT2D eigenvalue weighted by molar-refractivity contribution is 4.86. The minimum atomic E-state index is 0.716. The Kier molecular flexibility index (Phi) is 5.46. The first-order valence-corrected chi connectivity index (χ1v) is 7.92. The van der Waals surface area contributed by atoms with Crippen LogP contribution in [0.4, 0.5) is 0 Å². The van der Waals surface area contributed by atoms with Gasteiger partial charge in [0.1, 0.15) is 0 Å². The Morgan fingerprint density at radius 2 is 2.06 bits per heavy atom. The van der Waals surface area contributed by atoms with Gasteiger partial charge in [0.25, 0.3) is 0 Å². The Bertz CT molecular complexity index is 244. The quantitative estimate of drug-likeness (QED) is 0.806. The minimum absolute atomic E-state index is 0.716. The molecule has 2 heterocycles. The van der Waals surface area contributed by atoms with Gasteiger partial charge in [0, 0.05) is 38.3 Å². The van der Waals surface area contributed by atoms with Gasteiger partial charge in [-0.3, -0.25) is 4.90 Å². The van der Waals surface area contributed by atoms with Gasteiger partial charge < -0.3 is 10.2 Å². The number of hydrogen-bond donors (Lipinski definition) is 1. The zero-order valence-corrected chi connectivity index (χ0v) is 12.5. The second-order valence-corrected chi connectivity index (χ2v) is 6.24. The lowest BCUT2D eigenvalue weighted by molar-refractivity contribution is 0.117. The Morgan fingerprint density at radius 1 is 1.22 bits per heavy atom. The van der Waals surface area contributed by atoms with E-state index < -0.39 is 0 Å². The molecule has 3 atom stereocenters. The summed E-state index contributed by atoms with van der Waals surface area (Å²) in [4.78, 5) is 5.34. The number of nitrogens with one attached hydrogen (secondary N) is 1. The summed E-state index contributed by atoms with van der Waals surface area (Å²) in [7, 11) is 0. The van der Waals surface area contributed by atoms with Gasteiger partial charge in [0.2, 0.25) is 0 Å². The highest BCUT2D eigenvalue weighted by atomic mass is 15.2. The normalized spacial score (nSPS) is 35.2. The van der Waals surface area contributed by atoms with Gasteiger partial charge in [-0.15, -0.1) is 0 Å². The molecule has 0 saturated carbocycles. The van der Waals surface area contributed by atoms with E-state index in [1.807, 2.05) is 0 Å². The van der Waals surface area contributed by atoms with Crippen molar-refractivity contribution in [3.63, 3.8) is 0 Å². The fraction of sp³-hybridized carbons (Fsp3) is 1.00. The van der Waals surface area contributed by atoms with Gasteiger partial charge in [-0.2, -0.15) is 0 Å². The molecule has 3 heteroatoms. The number of piperazine rings is 1. The van der Waals surface area contributed by atoms with Crippen LogP contribution in [-0.4, -0.2) is 61.2 Å². The molecule has 0 radical (unpaired) electrons. The summed E-state index contributed by atoms with van der Waals surface area (Å²) in [6, 6.07) is 1.45. The summed E-state index contributed by atoms with van der Waals surface area (Å²) in [6.07, 6.45) is 4.03. The van der Waals surface area contributed by atoms with Crippen molar-refractivity contribution < 1.29 is 0 Å². The van der Waals surface area contributed by atoms with Crippen molar-refractivity contribution in [2.45, 2.75) is 52.1 Å². The average Bonchev–Trinajstić information content (AvgIpc) is 2.81. The van der Waals surface area contributed by atoms with E-state index in [9.17, 15) is 0 Å². The molecule has 0 aromatic heterocycles. The molecule has 0 amide bonds. The van der Waals surface area contributed by atoms with Crippen LogP contribution in [0.15, 0.2) is 0 Å². The lowest BCUT2D eigenvalue weighted by Gasteiger charge is -2.40. The first kappa shape index (κ1) is 14.3. The highest BCUT2D eigenvalue weighted by Crippen LogP contribution is 2.20. The number of hydrogen-bond acceptors (Lipinski definition) is 3. The number of rotatable bonds is 5. The maximum Gasteiger partial charge on any atom is 0.0195 e. The Hall–Kier alpha value is -0.120. The average molecular weight is 253 g/mol. The van der Waals surface area contributed by atoms with E-state index in [2.05, 4.69) is 35.9 Å². The summed E-state index contributed by atoms with van der Waals surface area (Å²) >= 11 is 0. The van der Waals surface area contributed by atoms with Crippen LogP contribution in [0, 0.1) is 5.92 Å². The van der Waals surface area contributed by atoms with Crippen LogP contribution >= 0.6 is 0 Å². The van der Waals surface area contributed by atoms with Crippen molar-refractivity contribution in [1.29, 1.82) is 0 Å². The lowest BCUT2D eigenvalue weighted by atomic mass is 10.0. The fourth-order valence-corrected chi connectivity index (χ4v) is 3.47. The summed E-state index contributed by atoms with van der Waals surface area (Å²) in [5.41, 5.74) is 0. The van der Waals surface area contributed by atoms with E-state index in [0.29, 0.717) is 6.04 Å². The molecule has 18 heavy (non-hydrogen) atoms. The summed E-state index contributed by atoms with van der Waals surface area (Å²) < 4.78 is 0. The third-order valence-corrected chi connectivity index (χ3v) is 4.73. The molecule has 3 unspecified atom stereocenters. The third kappa shape index (κ3) is 3.69. The Labute approximate surface area is 113 Å². The monoisotopic (exact) mass is 253 g/mol. The van der Waals surface area contributed by atoms with E-state index in [-0.39, 0.29) is 0 Å². The van der Waals surface area contributed by atoms with E-state index in [4.69, 9.17) is 0 Å². The van der Waals surface area contributed by atoms with Crippen LogP contribution in [0.5, 0.6) is 0 Å². The van der Waals surface area contributed by atoms with Gasteiger partial charge >= 0.3 is 0 Å². The van der Waals surface area contributed by atoms with Gasteiger partial charge in [-0.1, -0.05) is 20.3 Å². The summed E-state index contributed by atoms with van der Waals surface area (Å²) in [5.74, 6) is 0.910. The highest BCUT2D eigenvalue weighted by Gasteiger charge is 2.29. The third-order valence-electron chi connectivity index (χ3n) is 4.73. The first-order chi connectivity index (χ1) is 8.72. The molecular formula is C15H31N3. The molecule has 106 valence electrons. The standard InChI is InChI=1S/C15H31N3/c1-4-6-15-12-18(13(3)9-16-15)11-14-7-8-17(5-2)10-14/h13-16H,4-12H2,1-3H3. The second kappa shape index (κ2) is 6.88. The van der Waals surface area contributed by atoms with Gasteiger partial charge in [0.15, 0.2) is 0 Å². The number of likely N-dealkylation sites (tertiary alicyclic amines) is 1. The maximum atomic E-state index is 3.69. The smallest absolute Gasteiger partial charge is 0.0195 e. The van der Waals surface area contributed by atoms with Crippen LogP contribution in [-0.2, 0) is 0 Å². The predicted octanol–water partition coefficient (Wildman–Crippen LogP) is 1.79. The first-order valence-electron chi connectivity index (χ1n) is 7.92. The fourth-order valence-electron chi connectivity index (χ4n) is 3.47. The van der Waals surface area contributed by atoms with Gasteiger partial charge in [-0.05, 0) is 38.8 Å². The van der Waals surface area contributed by atoms with E-state index >= 15 is 0 Å². The van der Waals surface area contributed by atoms with E-state index in [0.717, 1.165) is 12.0 Å². The predicted molar refractivity (Wildman–Crippen MR) is 78.0 cm³/mol. The van der Waals surface area contributed by atoms with Crippen LogP contribution in [0.2, 0.25) is 0 Å². The SMILES string of the molecule is CCCC1CN(CC2CCN(CC)C2)C(C)CN1. The van der Waals surface area contributed by atoms with Crippen molar-refractivity contribution in [1.82, 2.24) is 15.1 Å². The maximum absolute atomic E-state index is 3.69. The van der Waals surface area contributed by atoms with Crippen molar-refractivity contribution >= 4 is 0 Å². The van der Waals surface area contributed by atoms with Gasteiger partial charge in [-0.25, -0.2) is 0 Å². The van der Waals surface area contributed by atoms with Crippen LogP contribution in [0.25, 0.3) is 0 Å². The van der Waals surface area contributed by atoms with Gasteiger partial charge in [0.05, 0.1) is 0 Å². The van der Waals surface area contributed by atoms with Crippen LogP contribution in [0.1, 0.15) is 40.0 Å². The van der Waals surface area contributed by atoms with E-state index in [1.54, 1.807) is 0 Å². The molecule has 2 fully saturated rings. The molecular weight excluding hydrogens is 222 g/mol. The molecule has 2 saturated heterocycles. The molecule has 2 aliphatic heterocycles. The largest absolute Gasteiger partial charge is 0.311 e. The van der Waals surface area contributed by atoms with Crippen molar-refractivity contribution in [3.8, 4) is 0 Å². The number of nitrogens with zero attached hydrogens (tertiary/aromatic N) is 2. The zero-order valence-electron chi connectivity index (χ0n) is 12.5. The minimum Gasteiger partial charge on any atom is -0.311 e. The molecule has 0 aromatic rings.